The van der Waals surface area contributed by atoms with Crippen molar-refractivity contribution in [2.75, 3.05) is 39.4 Å². The number of nitrogens with one attached hydrogen (secondary N) is 1. The van der Waals surface area contributed by atoms with Crippen LogP contribution in [0.25, 0.3) is 0 Å². The molecule has 0 spiro atoms. The third-order valence-electron chi connectivity index (χ3n) is 3.81. The van der Waals surface area contributed by atoms with Crippen molar-refractivity contribution in [3.05, 3.63) is 23.7 Å². The molecule has 1 saturated heterocycles. The lowest BCUT2D eigenvalue weighted by molar-refractivity contribution is 0.0115. The van der Waals surface area contributed by atoms with Crippen molar-refractivity contribution >= 4 is 0 Å². The number of ether oxygens (including phenoxy) is 1. The summed E-state index contributed by atoms with van der Waals surface area (Å²) in [4.78, 5) is 2.46. The topological polar surface area (TPSA) is 37.6 Å². The molecule has 0 saturated carbocycles. The minimum absolute atomic E-state index is 0.319. The Morgan fingerprint density at radius 2 is 2.00 bits per heavy atom. The van der Waals surface area contributed by atoms with E-state index in [0.29, 0.717) is 6.04 Å². The second-order valence-corrected chi connectivity index (χ2v) is 6.00. The molecule has 2 heterocycles. The summed E-state index contributed by atoms with van der Waals surface area (Å²) in [5.74, 6) is 2.80. The van der Waals surface area contributed by atoms with Gasteiger partial charge in [0, 0.05) is 19.6 Å². The number of furan rings is 1. The summed E-state index contributed by atoms with van der Waals surface area (Å²) >= 11 is 0. The van der Waals surface area contributed by atoms with Gasteiger partial charge in [0.15, 0.2) is 0 Å². The van der Waals surface area contributed by atoms with Crippen LogP contribution in [0.2, 0.25) is 0 Å². The minimum atomic E-state index is 0.319. The fourth-order valence-corrected chi connectivity index (χ4v) is 2.56. The van der Waals surface area contributed by atoms with Crippen LogP contribution in [0.5, 0.6) is 0 Å². The first-order valence-corrected chi connectivity index (χ1v) is 7.75. The second-order valence-electron chi connectivity index (χ2n) is 6.00. The largest absolute Gasteiger partial charge is 0.465 e. The Morgan fingerprint density at radius 3 is 2.60 bits per heavy atom. The van der Waals surface area contributed by atoms with Gasteiger partial charge in [0.25, 0.3) is 0 Å². The summed E-state index contributed by atoms with van der Waals surface area (Å²) in [5, 5.41) is 3.58. The Kier molecular flexibility index (Phi) is 6.07. The van der Waals surface area contributed by atoms with Crippen molar-refractivity contribution in [1.82, 2.24) is 10.2 Å². The van der Waals surface area contributed by atoms with Crippen molar-refractivity contribution in [2.24, 2.45) is 5.92 Å². The zero-order chi connectivity index (χ0) is 14.4. The van der Waals surface area contributed by atoms with Crippen molar-refractivity contribution in [3.8, 4) is 0 Å². The maximum atomic E-state index is 5.85. The summed E-state index contributed by atoms with van der Waals surface area (Å²) in [6.07, 6.45) is 1.22. The van der Waals surface area contributed by atoms with E-state index in [4.69, 9.17) is 9.15 Å². The van der Waals surface area contributed by atoms with E-state index >= 15 is 0 Å². The Bertz CT molecular complexity index is 384. The smallest absolute Gasteiger partial charge is 0.122 e. The molecule has 1 aliphatic heterocycles. The number of aryl methyl sites for hydroxylation is 1. The highest BCUT2D eigenvalue weighted by atomic mass is 16.5. The van der Waals surface area contributed by atoms with Crippen LogP contribution in [0.15, 0.2) is 16.5 Å². The molecular formula is C16H28N2O2. The summed E-state index contributed by atoms with van der Waals surface area (Å²) in [6.45, 7) is 12.1. The van der Waals surface area contributed by atoms with Gasteiger partial charge in [0.05, 0.1) is 19.3 Å². The van der Waals surface area contributed by atoms with E-state index in [9.17, 15) is 0 Å². The van der Waals surface area contributed by atoms with Gasteiger partial charge in [-0.2, -0.15) is 0 Å². The highest BCUT2D eigenvalue weighted by molar-refractivity contribution is 5.10. The van der Waals surface area contributed by atoms with Gasteiger partial charge in [-0.25, -0.2) is 0 Å². The molecule has 1 N–H and O–H groups in total. The fourth-order valence-electron chi connectivity index (χ4n) is 2.56. The molecule has 4 heteroatoms. The van der Waals surface area contributed by atoms with E-state index < -0.39 is 0 Å². The van der Waals surface area contributed by atoms with Gasteiger partial charge < -0.3 is 14.5 Å². The van der Waals surface area contributed by atoms with E-state index in [1.54, 1.807) is 0 Å². The molecule has 0 radical (unpaired) electrons. The first-order chi connectivity index (χ1) is 9.66. The standard InChI is InChI=1S/C16H28N2O2/c1-13(2)6-7-17-12-15(16-5-4-14(3)20-16)18-8-10-19-11-9-18/h4-5,13,15,17H,6-12H2,1-3H3. The quantitative estimate of drug-likeness (QED) is 0.779. The van der Waals surface area contributed by atoms with E-state index in [2.05, 4.69) is 36.2 Å². The Labute approximate surface area is 122 Å². The van der Waals surface area contributed by atoms with Crippen LogP contribution in [0.1, 0.15) is 37.8 Å². The highest BCUT2D eigenvalue weighted by Crippen LogP contribution is 2.23. The van der Waals surface area contributed by atoms with Gasteiger partial charge in [0.1, 0.15) is 11.5 Å². The number of rotatable bonds is 7. The molecule has 1 unspecified atom stereocenters. The Hall–Kier alpha value is -0.840. The molecule has 4 nitrogen and oxygen atoms in total. The SMILES string of the molecule is Cc1ccc(C(CNCCC(C)C)N2CCOCC2)o1. The molecule has 114 valence electrons. The molecule has 1 atom stereocenters. The molecule has 2 rings (SSSR count). The van der Waals surface area contributed by atoms with Crippen LogP contribution in [0.3, 0.4) is 0 Å². The van der Waals surface area contributed by atoms with Crippen molar-refractivity contribution in [2.45, 2.75) is 33.2 Å². The maximum absolute atomic E-state index is 5.85. The van der Waals surface area contributed by atoms with Gasteiger partial charge in [-0.05, 0) is 37.9 Å². The zero-order valence-corrected chi connectivity index (χ0v) is 13.0. The van der Waals surface area contributed by atoms with Crippen molar-refractivity contribution in [3.63, 3.8) is 0 Å². The monoisotopic (exact) mass is 280 g/mol. The average molecular weight is 280 g/mol. The van der Waals surface area contributed by atoms with Crippen LogP contribution in [0.4, 0.5) is 0 Å². The van der Waals surface area contributed by atoms with Gasteiger partial charge in [-0.3, -0.25) is 4.90 Å². The second kappa shape index (κ2) is 7.81. The molecule has 0 aliphatic carbocycles. The normalized spacial score (nSPS) is 18.6. The number of morpholine rings is 1. The van der Waals surface area contributed by atoms with E-state index in [1.165, 1.54) is 6.42 Å². The maximum Gasteiger partial charge on any atom is 0.122 e. The fraction of sp³-hybridized carbons (Fsp3) is 0.750. The molecular weight excluding hydrogens is 252 g/mol. The van der Waals surface area contributed by atoms with Gasteiger partial charge in [0.2, 0.25) is 0 Å². The van der Waals surface area contributed by atoms with Crippen LogP contribution < -0.4 is 5.32 Å². The van der Waals surface area contributed by atoms with E-state index in [-0.39, 0.29) is 0 Å². The molecule has 1 fully saturated rings. The zero-order valence-electron chi connectivity index (χ0n) is 13.0. The van der Waals surface area contributed by atoms with Gasteiger partial charge >= 0.3 is 0 Å². The third kappa shape index (κ3) is 4.62. The number of hydrogen-bond donors (Lipinski definition) is 1. The third-order valence-corrected chi connectivity index (χ3v) is 3.81. The van der Waals surface area contributed by atoms with Crippen LogP contribution in [-0.2, 0) is 4.74 Å². The summed E-state index contributed by atoms with van der Waals surface area (Å²) < 4.78 is 11.3. The molecule has 1 aromatic heterocycles. The van der Waals surface area contributed by atoms with Crippen molar-refractivity contribution in [1.29, 1.82) is 0 Å². The van der Waals surface area contributed by atoms with E-state index in [0.717, 1.165) is 56.8 Å². The molecule has 1 aromatic rings. The van der Waals surface area contributed by atoms with E-state index in [1.807, 2.05) is 6.92 Å². The van der Waals surface area contributed by atoms with Crippen LogP contribution in [-0.4, -0.2) is 44.3 Å². The predicted molar refractivity (Wildman–Crippen MR) is 80.9 cm³/mol. The molecule has 0 amide bonds. The molecule has 20 heavy (non-hydrogen) atoms. The lowest BCUT2D eigenvalue weighted by Crippen LogP contribution is -2.42. The molecule has 1 aliphatic rings. The van der Waals surface area contributed by atoms with Crippen LogP contribution >= 0.6 is 0 Å². The molecule has 0 bridgehead atoms. The van der Waals surface area contributed by atoms with Gasteiger partial charge in [-0.15, -0.1) is 0 Å². The lowest BCUT2D eigenvalue weighted by Gasteiger charge is -2.33. The highest BCUT2D eigenvalue weighted by Gasteiger charge is 2.24. The Balaban J connectivity index is 1.92. The lowest BCUT2D eigenvalue weighted by atomic mass is 10.1. The van der Waals surface area contributed by atoms with Gasteiger partial charge in [-0.1, -0.05) is 13.8 Å². The first-order valence-electron chi connectivity index (χ1n) is 7.75. The average Bonchev–Trinajstić information content (AvgIpc) is 2.86. The summed E-state index contributed by atoms with van der Waals surface area (Å²) in [6, 6.07) is 4.48. The minimum Gasteiger partial charge on any atom is -0.465 e. The Morgan fingerprint density at radius 1 is 1.25 bits per heavy atom. The number of hydrogen-bond acceptors (Lipinski definition) is 4. The molecule has 0 aromatic carbocycles. The van der Waals surface area contributed by atoms with Crippen LogP contribution in [0, 0.1) is 12.8 Å². The number of nitrogens with zero attached hydrogens (tertiary/aromatic N) is 1. The first kappa shape index (κ1) is 15.5. The summed E-state index contributed by atoms with van der Waals surface area (Å²) in [5.41, 5.74) is 0. The van der Waals surface area contributed by atoms with Crippen molar-refractivity contribution < 1.29 is 9.15 Å². The predicted octanol–water partition coefficient (Wildman–Crippen LogP) is 2.60. The summed E-state index contributed by atoms with van der Waals surface area (Å²) in [7, 11) is 0.